The first-order chi connectivity index (χ1) is 10.3. The van der Waals surface area contributed by atoms with Crippen LogP contribution in [0.25, 0.3) is 11.1 Å². The quantitative estimate of drug-likeness (QED) is 0.903. The third-order valence-corrected chi connectivity index (χ3v) is 3.59. The van der Waals surface area contributed by atoms with Crippen LogP contribution in [0.2, 0.25) is 0 Å². The molecule has 4 heteroatoms. The SMILES string of the molecule is O=C(Nc1ccc(-c2ccccc2)cc1)N1CC[N]CC1. The van der Waals surface area contributed by atoms with Gasteiger partial charge in [0.25, 0.3) is 0 Å². The van der Waals surface area contributed by atoms with E-state index in [2.05, 4.69) is 22.8 Å². The minimum absolute atomic E-state index is 0.0441. The summed E-state index contributed by atoms with van der Waals surface area (Å²) in [5.74, 6) is 0. The molecule has 1 saturated heterocycles. The molecule has 1 N–H and O–H groups in total. The molecule has 0 unspecified atom stereocenters. The molecular weight excluding hydrogens is 262 g/mol. The minimum atomic E-state index is -0.0441. The van der Waals surface area contributed by atoms with Crippen molar-refractivity contribution in [3.63, 3.8) is 0 Å². The molecule has 1 heterocycles. The third kappa shape index (κ3) is 3.41. The Balaban J connectivity index is 1.65. The zero-order chi connectivity index (χ0) is 14.5. The Hall–Kier alpha value is -2.33. The Morgan fingerprint density at radius 3 is 2.19 bits per heavy atom. The average molecular weight is 280 g/mol. The van der Waals surface area contributed by atoms with Crippen molar-refractivity contribution in [1.29, 1.82) is 0 Å². The summed E-state index contributed by atoms with van der Waals surface area (Å²) in [6.45, 7) is 2.88. The van der Waals surface area contributed by atoms with E-state index >= 15 is 0 Å². The molecule has 1 aliphatic heterocycles. The molecule has 1 radical (unpaired) electrons. The van der Waals surface area contributed by atoms with Crippen molar-refractivity contribution in [3.05, 3.63) is 54.6 Å². The lowest BCUT2D eigenvalue weighted by atomic mass is 10.1. The molecule has 21 heavy (non-hydrogen) atoms. The minimum Gasteiger partial charge on any atom is -0.322 e. The summed E-state index contributed by atoms with van der Waals surface area (Å²) < 4.78 is 0. The first-order valence-corrected chi connectivity index (χ1v) is 7.17. The highest BCUT2D eigenvalue weighted by molar-refractivity contribution is 5.89. The molecule has 0 spiro atoms. The van der Waals surface area contributed by atoms with Crippen LogP contribution in [0.1, 0.15) is 0 Å². The largest absolute Gasteiger partial charge is 0.322 e. The predicted molar refractivity (Wildman–Crippen MR) is 84.3 cm³/mol. The first-order valence-electron chi connectivity index (χ1n) is 7.17. The van der Waals surface area contributed by atoms with E-state index < -0.39 is 0 Å². The fourth-order valence-corrected chi connectivity index (χ4v) is 2.39. The third-order valence-electron chi connectivity index (χ3n) is 3.59. The van der Waals surface area contributed by atoms with Gasteiger partial charge >= 0.3 is 6.03 Å². The molecule has 2 aromatic rings. The summed E-state index contributed by atoms with van der Waals surface area (Å²) in [6, 6.07) is 18.1. The van der Waals surface area contributed by atoms with Gasteiger partial charge in [0, 0.05) is 31.9 Å². The topological polar surface area (TPSA) is 46.4 Å². The molecule has 2 amide bonds. The normalized spacial score (nSPS) is 14.8. The maximum Gasteiger partial charge on any atom is 0.321 e. The van der Waals surface area contributed by atoms with Crippen LogP contribution >= 0.6 is 0 Å². The molecular formula is C17H18N3O. The highest BCUT2D eigenvalue weighted by Gasteiger charge is 2.16. The van der Waals surface area contributed by atoms with Crippen molar-refractivity contribution in [3.8, 4) is 11.1 Å². The standard InChI is InChI=1S/C17H18N3O/c21-17(20-12-10-18-11-13-20)19-16-8-6-15(7-9-16)14-4-2-1-3-5-14/h1-9H,10-13H2,(H,19,21). The fraction of sp³-hybridized carbons (Fsp3) is 0.235. The molecule has 0 bridgehead atoms. The summed E-state index contributed by atoms with van der Waals surface area (Å²) in [5.41, 5.74) is 3.14. The van der Waals surface area contributed by atoms with Gasteiger partial charge in [0.2, 0.25) is 0 Å². The van der Waals surface area contributed by atoms with Gasteiger partial charge in [0.1, 0.15) is 0 Å². The Morgan fingerprint density at radius 2 is 1.52 bits per heavy atom. The van der Waals surface area contributed by atoms with E-state index in [4.69, 9.17) is 0 Å². The summed E-state index contributed by atoms with van der Waals surface area (Å²) in [5, 5.41) is 7.18. The summed E-state index contributed by atoms with van der Waals surface area (Å²) in [6.07, 6.45) is 0. The molecule has 107 valence electrons. The van der Waals surface area contributed by atoms with Gasteiger partial charge in [0.15, 0.2) is 0 Å². The van der Waals surface area contributed by atoms with Gasteiger partial charge in [0.05, 0.1) is 0 Å². The van der Waals surface area contributed by atoms with Gasteiger partial charge in [-0.25, -0.2) is 10.1 Å². The van der Waals surface area contributed by atoms with Crippen LogP contribution in [-0.2, 0) is 0 Å². The average Bonchev–Trinajstić information content (AvgIpc) is 2.57. The van der Waals surface area contributed by atoms with Crippen molar-refractivity contribution in [2.45, 2.75) is 0 Å². The van der Waals surface area contributed by atoms with E-state index in [1.165, 1.54) is 5.56 Å². The van der Waals surface area contributed by atoms with E-state index in [1.807, 2.05) is 42.5 Å². The summed E-state index contributed by atoms with van der Waals surface area (Å²) >= 11 is 0. The van der Waals surface area contributed by atoms with Crippen molar-refractivity contribution >= 4 is 11.7 Å². The number of hydrogen-bond donors (Lipinski definition) is 1. The molecule has 1 aliphatic rings. The zero-order valence-corrected chi connectivity index (χ0v) is 11.8. The monoisotopic (exact) mass is 280 g/mol. The second-order valence-corrected chi connectivity index (χ2v) is 5.03. The van der Waals surface area contributed by atoms with Gasteiger partial charge in [-0.15, -0.1) is 0 Å². The number of anilines is 1. The molecule has 0 aromatic heterocycles. The molecule has 0 saturated carbocycles. The smallest absolute Gasteiger partial charge is 0.321 e. The van der Waals surface area contributed by atoms with Crippen LogP contribution in [0.15, 0.2) is 54.6 Å². The summed E-state index contributed by atoms with van der Waals surface area (Å²) in [7, 11) is 0. The molecule has 1 fully saturated rings. The Kier molecular flexibility index (Phi) is 4.17. The number of nitrogens with one attached hydrogen (secondary N) is 1. The number of benzene rings is 2. The van der Waals surface area contributed by atoms with Crippen molar-refractivity contribution in [1.82, 2.24) is 10.2 Å². The van der Waals surface area contributed by atoms with Crippen LogP contribution in [0, 0.1) is 0 Å². The Morgan fingerprint density at radius 1 is 0.905 bits per heavy atom. The molecule has 0 atom stereocenters. The second-order valence-electron chi connectivity index (χ2n) is 5.03. The van der Waals surface area contributed by atoms with E-state index in [-0.39, 0.29) is 6.03 Å². The molecule has 4 nitrogen and oxygen atoms in total. The van der Waals surface area contributed by atoms with Crippen LogP contribution in [0.3, 0.4) is 0 Å². The highest BCUT2D eigenvalue weighted by Crippen LogP contribution is 2.21. The van der Waals surface area contributed by atoms with Crippen molar-refractivity contribution in [2.24, 2.45) is 0 Å². The molecule has 0 aliphatic carbocycles. The lowest BCUT2D eigenvalue weighted by Crippen LogP contribution is -2.45. The number of urea groups is 1. The van der Waals surface area contributed by atoms with Crippen LogP contribution < -0.4 is 10.6 Å². The maximum atomic E-state index is 12.1. The predicted octanol–water partition coefficient (Wildman–Crippen LogP) is 2.81. The maximum absolute atomic E-state index is 12.1. The van der Waals surface area contributed by atoms with E-state index in [9.17, 15) is 4.79 Å². The van der Waals surface area contributed by atoms with Crippen molar-refractivity contribution < 1.29 is 4.79 Å². The van der Waals surface area contributed by atoms with Gasteiger partial charge in [-0.2, -0.15) is 0 Å². The van der Waals surface area contributed by atoms with Crippen molar-refractivity contribution in [2.75, 3.05) is 31.5 Å². The first kappa shape index (κ1) is 13.6. The highest BCUT2D eigenvalue weighted by atomic mass is 16.2. The zero-order valence-electron chi connectivity index (χ0n) is 11.8. The number of piperazine rings is 1. The van der Waals surface area contributed by atoms with Crippen LogP contribution in [0.5, 0.6) is 0 Å². The molecule has 2 aromatic carbocycles. The number of nitrogens with zero attached hydrogens (tertiary/aromatic N) is 2. The van der Waals surface area contributed by atoms with E-state index in [0.717, 1.165) is 24.3 Å². The lowest BCUT2D eigenvalue weighted by Gasteiger charge is -2.26. The number of carbonyl (C=O) groups is 1. The second kappa shape index (κ2) is 6.41. The van der Waals surface area contributed by atoms with Gasteiger partial charge in [-0.3, -0.25) is 0 Å². The Labute approximate surface area is 124 Å². The lowest BCUT2D eigenvalue weighted by molar-refractivity contribution is 0.203. The van der Waals surface area contributed by atoms with E-state index in [1.54, 1.807) is 4.90 Å². The number of carbonyl (C=O) groups excluding carboxylic acids is 1. The Bertz CT molecular complexity index is 589. The van der Waals surface area contributed by atoms with Gasteiger partial charge < -0.3 is 10.2 Å². The summed E-state index contributed by atoms with van der Waals surface area (Å²) in [4.78, 5) is 13.9. The number of amides is 2. The van der Waals surface area contributed by atoms with Gasteiger partial charge in [-0.1, -0.05) is 42.5 Å². The fourth-order valence-electron chi connectivity index (χ4n) is 2.39. The number of rotatable bonds is 2. The molecule has 3 rings (SSSR count). The van der Waals surface area contributed by atoms with Crippen LogP contribution in [-0.4, -0.2) is 37.1 Å². The number of hydrogen-bond acceptors (Lipinski definition) is 1. The van der Waals surface area contributed by atoms with E-state index in [0.29, 0.717) is 13.1 Å². The van der Waals surface area contributed by atoms with Gasteiger partial charge in [-0.05, 0) is 23.3 Å². The van der Waals surface area contributed by atoms with Crippen LogP contribution in [0.4, 0.5) is 10.5 Å².